The molecule has 6 bridgehead atoms. The van der Waals surface area contributed by atoms with Gasteiger partial charge < -0.3 is 9.47 Å². The topological polar surface area (TPSA) is 107 Å². The van der Waals surface area contributed by atoms with Gasteiger partial charge in [-0.25, -0.2) is 0 Å². The molecule has 5 aromatic carbocycles. The summed E-state index contributed by atoms with van der Waals surface area (Å²) < 4.78 is 47.3. The summed E-state index contributed by atoms with van der Waals surface area (Å²) in [6, 6.07) is 33.6. The van der Waals surface area contributed by atoms with Crippen LogP contribution in [0.3, 0.4) is 0 Å². The van der Waals surface area contributed by atoms with Gasteiger partial charge in [-0.1, -0.05) is 91.0 Å². The highest BCUT2D eigenvalue weighted by atomic mass is 32.2. The van der Waals surface area contributed by atoms with E-state index < -0.39 is 33.3 Å². The highest BCUT2D eigenvalue weighted by Crippen LogP contribution is 2.64. The predicted molar refractivity (Wildman–Crippen MR) is 195 cm³/mol. The van der Waals surface area contributed by atoms with Crippen LogP contribution in [-0.4, -0.2) is 24.9 Å². The normalized spacial score (nSPS) is 29.4. The highest BCUT2D eigenvalue weighted by Gasteiger charge is 2.57. The van der Waals surface area contributed by atoms with Gasteiger partial charge in [0.25, 0.3) is 10.1 Å². The maximum absolute atomic E-state index is 15.0. The van der Waals surface area contributed by atoms with Crippen molar-refractivity contribution in [3.05, 3.63) is 137 Å². The molecule has 0 aliphatic heterocycles. The number of hydrogen-bond donors (Lipinski definition) is 1. The van der Waals surface area contributed by atoms with Crippen molar-refractivity contribution in [1.29, 1.82) is 0 Å². The van der Waals surface area contributed by atoms with Gasteiger partial charge >= 0.3 is 11.9 Å². The van der Waals surface area contributed by atoms with Crippen LogP contribution < -0.4 is 9.47 Å². The second-order valence-electron chi connectivity index (χ2n) is 15.9. The van der Waals surface area contributed by atoms with Gasteiger partial charge in [0.2, 0.25) is 0 Å². The maximum atomic E-state index is 15.0. The van der Waals surface area contributed by atoms with E-state index in [0.717, 1.165) is 47.1 Å². The van der Waals surface area contributed by atoms with E-state index in [2.05, 4.69) is 24.3 Å². The van der Waals surface area contributed by atoms with Crippen LogP contribution >= 0.6 is 0 Å². The Morgan fingerprint density at radius 3 is 1.65 bits per heavy atom. The fourth-order valence-corrected chi connectivity index (χ4v) is 12.2. The van der Waals surface area contributed by atoms with Crippen LogP contribution in [0.15, 0.2) is 114 Å². The van der Waals surface area contributed by atoms with Crippen LogP contribution in [0.4, 0.5) is 0 Å². The molecular formula is C44H38O7S. The lowest BCUT2D eigenvalue weighted by atomic mass is 9.49. The molecule has 12 rings (SSSR count). The molecule has 8 heteroatoms. The second-order valence-corrected chi connectivity index (χ2v) is 17.3. The Hall–Kier alpha value is -4.79. The molecule has 0 radical (unpaired) electrons. The van der Waals surface area contributed by atoms with E-state index in [1.54, 1.807) is 24.3 Å². The summed E-state index contributed by atoms with van der Waals surface area (Å²) in [6.45, 7) is 0. The van der Waals surface area contributed by atoms with Crippen molar-refractivity contribution in [3.63, 3.8) is 0 Å². The molecule has 0 amide bonds. The molecule has 7 nitrogen and oxygen atoms in total. The first-order chi connectivity index (χ1) is 25.2. The van der Waals surface area contributed by atoms with E-state index in [1.807, 2.05) is 48.5 Å². The first kappa shape index (κ1) is 31.9. The van der Waals surface area contributed by atoms with Crippen LogP contribution in [0.5, 0.6) is 11.5 Å². The fraction of sp³-hybridized carbons (Fsp3) is 0.318. The van der Waals surface area contributed by atoms with Crippen molar-refractivity contribution < 1.29 is 32.0 Å². The number of para-hydroxylation sites is 1. The molecule has 52 heavy (non-hydrogen) atoms. The highest BCUT2D eigenvalue weighted by molar-refractivity contribution is 7.86. The van der Waals surface area contributed by atoms with E-state index in [-0.39, 0.29) is 33.8 Å². The van der Waals surface area contributed by atoms with E-state index in [0.29, 0.717) is 28.9 Å². The molecule has 2 unspecified atom stereocenters. The lowest BCUT2D eigenvalue weighted by Crippen LogP contribution is -2.51. The van der Waals surface area contributed by atoms with Gasteiger partial charge in [0.05, 0.1) is 11.3 Å². The molecule has 0 heterocycles. The summed E-state index contributed by atoms with van der Waals surface area (Å²) in [4.78, 5) is 29.1. The molecule has 4 fully saturated rings. The zero-order valence-corrected chi connectivity index (χ0v) is 29.3. The van der Waals surface area contributed by atoms with Crippen molar-refractivity contribution >= 4 is 32.8 Å². The minimum Gasteiger partial charge on any atom is -0.426 e. The number of benzene rings is 5. The van der Waals surface area contributed by atoms with Crippen LogP contribution in [0, 0.1) is 29.1 Å². The van der Waals surface area contributed by atoms with Gasteiger partial charge in [0.15, 0.2) is 0 Å². The first-order valence-corrected chi connectivity index (χ1v) is 19.8. The monoisotopic (exact) mass is 710 g/mol. The Morgan fingerprint density at radius 1 is 0.577 bits per heavy atom. The SMILES string of the molecule is O=C(Oc1ccc(S(=O)(=O)O)c2ccccc12)C1C2c3ccccc3C(c3ccccc32)C1c1ccccc1OC(=O)C12CC3CC(CC(C3)C1)C2. The number of fused-ring (bicyclic) bond motifs is 2. The van der Waals surface area contributed by atoms with E-state index in [9.17, 15) is 22.6 Å². The summed E-state index contributed by atoms with van der Waals surface area (Å²) in [5.41, 5.74) is 4.78. The summed E-state index contributed by atoms with van der Waals surface area (Å²) >= 11 is 0. The van der Waals surface area contributed by atoms with Gasteiger partial charge in [0, 0.05) is 28.5 Å². The van der Waals surface area contributed by atoms with Gasteiger partial charge in [-0.2, -0.15) is 8.42 Å². The van der Waals surface area contributed by atoms with Gasteiger partial charge in [-0.15, -0.1) is 0 Å². The van der Waals surface area contributed by atoms with E-state index in [4.69, 9.17) is 9.47 Å². The van der Waals surface area contributed by atoms with Crippen molar-refractivity contribution in [2.45, 2.75) is 61.2 Å². The Morgan fingerprint density at radius 2 is 1.08 bits per heavy atom. The second kappa shape index (κ2) is 11.6. The molecule has 0 saturated heterocycles. The number of carbonyl (C=O) groups excluding carboxylic acids is 2. The molecule has 0 spiro atoms. The van der Waals surface area contributed by atoms with E-state index >= 15 is 0 Å². The number of carbonyl (C=O) groups is 2. The molecule has 1 N–H and O–H groups in total. The predicted octanol–water partition coefficient (Wildman–Crippen LogP) is 8.80. The van der Waals surface area contributed by atoms with Crippen molar-refractivity contribution in [2.24, 2.45) is 29.1 Å². The summed E-state index contributed by atoms with van der Waals surface area (Å²) in [5, 5.41) is 0.656. The molecule has 2 atom stereocenters. The minimum atomic E-state index is -4.53. The Balaban J connectivity index is 1.09. The molecule has 7 aliphatic rings. The summed E-state index contributed by atoms with van der Waals surface area (Å²) in [5.74, 6) is 0.210. The smallest absolute Gasteiger partial charge is 0.317 e. The number of esters is 2. The summed E-state index contributed by atoms with van der Waals surface area (Å²) in [7, 11) is -4.53. The standard InChI is InChI=1S/C44H38O7S/c45-42(50-36-17-18-37(52(47,48)49)29-10-2-1-9-28(29)36)41-39-32-13-5-3-11-30(32)38(31-12-4-6-14-33(31)39)40(41)34-15-7-8-16-35(34)51-43(46)44-22-25-19-26(23-44)21-27(20-25)24-44/h1-18,25-27,38-41H,19-24H2,(H,47,48,49). The number of hydrogen-bond acceptors (Lipinski definition) is 6. The van der Waals surface area contributed by atoms with Gasteiger partial charge in [-0.05, 0) is 102 Å². The van der Waals surface area contributed by atoms with Crippen LogP contribution in [0.2, 0.25) is 0 Å². The van der Waals surface area contributed by atoms with Gasteiger partial charge in [0.1, 0.15) is 16.4 Å². The zero-order valence-electron chi connectivity index (χ0n) is 28.5. The van der Waals surface area contributed by atoms with Crippen molar-refractivity contribution in [3.8, 4) is 11.5 Å². The minimum absolute atomic E-state index is 0.134. The van der Waals surface area contributed by atoms with Crippen LogP contribution in [0.25, 0.3) is 10.8 Å². The Labute approximate surface area is 302 Å². The molecule has 4 saturated carbocycles. The van der Waals surface area contributed by atoms with Crippen molar-refractivity contribution in [1.82, 2.24) is 0 Å². The molecule has 262 valence electrons. The Kier molecular flexibility index (Phi) is 7.12. The third kappa shape index (κ3) is 4.83. The average Bonchev–Trinajstić information content (AvgIpc) is 3.14. The summed E-state index contributed by atoms with van der Waals surface area (Å²) in [6.07, 6.45) is 6.37. The third-order valence-electron chi connectivity index (χ3n) is 13.0. The molecule has 5 aromatic rings. The lowest BCUT2D eigenvalue weighted by Gasteiger charge is -2.55. The van der Waals surface area contributed by atoms with Crippen LogP contribution in [-0.2, 0) is 19.7 Å². The molecular weight excluding hydrogens is 673 g/mol. The Bertz CT molecular complexity index is 2330. The van der Waals surface area contributed by atoms with Crippen molar-refractivity contribution in [2.75, 3.05) is 0 Å². The quantitative estimate of drug-likeness (QED) is 0.107. The average molecular weight is 711 g/mol. The maximum Gasteiger partial charge on any atom is 0.317 e. The van der Waals surface area contributed by atoms with Crippen LogP contribution in [0.1, 0.15) is 84.1 Å². The first-order valence-electron chi connectivity index (χ1n) is 18.4. The van der Waals surface area contributed by atoms with E-state index in [1.165, 1.54) is 31.4 Å². The lowest BCUT2D eigenvalue weighted by molar-refractivity contribution is -0.161. The molecule has 7 aliphatic carbocycles. The fourth-order valence-electron chi connectivity index (χ4n) is 11.5. The zero-order chi connectivity index (χ0) is 35.4. The number of ether oxygens (including phenoxy) is 2. The number of rotatable bonds is 6. The third-order valence-corrected chi connectivity index (χ3v) is 13.9. The molecule has 0 aromatic heterocycles. The largest absolute Gasteiger partial charge is 0.426 e. The van der Waals surface area contributed by atoms with Gasteiger partial charge in [-0.3, -0.25) is 14.1 Å².